The summed E-state index contributed by atoms with van der Waals surface area (Å²) >= 11 is 4.50. The smallest absolute Gasteiger partial charge is 0.151 e. The first-order chi connectivity index (χ1) is 6.24. The monoisotopic (exact) mass is 258 g/mol. The van der Waals surface area contributed by atoms with Crippen molar-refractivity contribution in [3.05, 3.63) is 33.4 Å². The second kappa shape index (κ2) is 3.20. The zero-order chi connectivity index (χ0) is 9.42. The number of rotatable bonds is 1. The van der Waals surface area contributed by atoms with Crippen LogP contribution in [0.15, 0.2) is 22.0 Å². The van der Waals surface area contributed by atoms with Gasteiger partial charge in [0.05, 0.1) is 0 Å². The lowest BCUT2D eigenvalue weighted by Gasteiger charge is -1.97. The van der Waals surface area contributed by atoms with Gasteiger partial charge in [-0.1, -0.05) is 15.9 Å². The van der Waals surface area contributed by atoms with Crippen LogP contribution in [-0.4, -0.2) is 6.29 Å². The fourth-order valence-corrected chi connectivity index (χ4v) is 2.45. The van der Waals surface area contributed by atoms with E-state index in [0.717, 1.165) is 4.70 Å². The van der Waals surface area contributed by atoms with Gasteiger partial charge in [-0.25, -0.2) is 4.39 Å². The predicted octanol–water partition coefficient (Wildman–Crippen LogP) is 3.62. The highest BCUT2D eigenvalue weighted by Gasteiger charge is 2.10. The SMILES string of the molecule is O=Cc1c(Br)ccc2scc(F)c12. The minimum Gasteiger partial charge on any atom is -0.298 e. The van der Waals surface area contributed by atoms with Gasteiger partial charge in [-0.3, -0.25) is 4.79 Å². The van der Waals surface area contributed by atoms with E-state index in [0.29, 0.717) is 21.7 Å². The second-order valence-electron chi connectivity index (χ2n) is 2.54. The van der Waals surface area contributed by atoms with E-state index in [-0.39, 0.29) is 5.82 Å². The van der Waals surface area contributed by atoms with Gasteiger partial charge >= 0.3 is 0 Å². The molecule has 1 aromatic carbocycles. The number of carbonyl (C=O) groups excluding carboxylic acids is 1. The first kappa shape index (κ1) is 8.84. The van der Waals surface area contributed by atoms with E-state index in [9.17, 15) is 9.18 Å². The summed E-state index contributed by atoms with van der Waals surface area (Å²) in [4.78, 5) is 10.7. The van der Waals surface area contributed by atoms with Crippen LogP contribution < -0.4 is 0 Å². The molecule has 0 aliphatic heterocycles. The molecule has 1 heterocycles. The van der Waals surface area contributed by atoms with Crippen molar-refractivity contribution in [2.45, 2.75) is 0 Å². The molecule has 2 aromatic rings. The third kappa shape index (κ3) is 1.30. The fourth-order valence-electron chi connectivity index (χ4n) is 1.21. The van der Waals surface area contributed by atoms with Crippen molar-refractivity contribution in [2.75, 3.05) is 0 Å². The standard InChI is InChI=1S/C9H4BrFOS/c10-6-1-2-8-9(5(6)3-12)7(11)4-13-8/h1-4H. The number of halogens is 2. The van der Waals surface area contributed by atoms with E-state index >= 15 is 0 Å². The molecule has 0 spiro atoms. The first-order valence-corrected chi connectivity index (χ1v) is 5.21. The van der Waals surface area contributed by atoms with Crippen molar-refractivity contribution in [3.8, 4) is 0 Å². The number of carbonyl (C=O) groups is 1. The highest BCUT2D eigenvalue weighted by atomic mass is 79.9. The molecule has 2 rings (SSSR count). The van der Waals surface area contributed by atoms with E-state index in [1.807, 2.05) is 0 Å². The third-order valence-corrected chi connectivity index (χ3v) is 3.41. The van der Waals surface area contributed by atoms with Crippen molar-refractivity contribution < 1.29 is 9.18 Å². The number of thiophene rings is 1. The van der Waals surface area contributed by atoms with Crippen LogP contribution in [0.1, 0.15) is 10.4 Å². The van der Waals surface area contributed by atoms with E-state index in [4.69, 9.17) is 0 Å². The number of fused-ring (bicyclic) bond motifs is 1. The van der Waals surface area contributed by atoms with E-state index in [1.165, 1.54) is 16.7 Å². The number of hydrogen-bond acceptors (Lipinski definition) is 2. The van der Waals surface area contributed by atoms with Gasteiger partial charge in [-0.2, -0.15) is 0 Å². The molecule has 0 saturated carbocycles. The zero-order valence-corrected chi connectivity index (χ0v) is 8.78. The van der Waals surface area contributed by atoms with Crippen LogP contribution in [0.2, 0.25) is 0 Å². The van der Waals surface area contributed by atoms with Gasteiger partial charge in [0.2, 0.25) is 0 Å². The van der Waals surface area contributed by atoms with E-state index < -0.39 is 0 Å². The highest BCUT2D eigenvalue weighted by Crippen LogP contribution is 2.31. The Bertz CT molecular complexity index is 478. The lowest BCUT2D eigenvalue weighted by molar-refractivity contribution is 0.112. The average molecular weight is 259 g/mol. The van der Waals surface area contributed by atoms with Crippen molar-refractivity contribution in [1.29, 1.82) is 0 Å². The van der Waals surface area contributed by atoms with Crippen LogP contribution in [0.4, 0.5) is 4.39 Å². The summed E-state index contributed by atoms with van der Waals surface area (Å²) in [6.07, 6.45) is 0.669. The van der Waals surface area contributed by atoms with Crippen LogP contribution >= 0.6 is 27.3 Å². The van der Waals surface area contributed by atoms with Crippen molar-refractivity contribution in [1.82, 2.24) is 0 Å². The summed E-state index contributed by atoms with van der Waals surface area (Å²) in [6.45, 7) is 0. The molecule has 0 aliphatic rings. The summed E-state index contributed by atoms with van der Waals surface area (Å²) < 4.78 is 14.6. The van der Waals surface area contributed by atoms with Crippen LogP contribution in [0, 0.1) is 5.82 Å². The normalized spacial score (nSPS) is 10.6. The van der Waals surface area contributed by atoms with Crippen molar-refractivity contribution in [3.63, 3.8) is 0 Å². The van der Waals surface area contributed by atoms with Crippen LogP contribution in [0.3, 0.4) is 0 Å². The summed E-state index contributed by atoms with van der Waals surface area (Å²) in [5, 5.41) is 1.82. The summed E-state index contributed by atoms with van der Waals surface area (Å²) in [5.41, 5.74) is 0.385. The second-order valence-corrected chi connectivity index (χ2v) is 4.30. The number of hydrogen-bond donors (Lipinski definition) is 0. The molecule has 0 atom stereocenters. The molecule has 0 unspecified atom stereocenters. The number of benzene rings is 1. The van der Waals surface area contributed by atoms with E-state index in [1.54, 1.807) is 12.1 Å². The molecule has 0 radical (unpaired) electrons. The molecule has 1 aromatic heterocycles. The quantitative estimate of drug-likeness (QED) is 0.715. The largest absolute Gasteiger partial charge is 0.298 e. The molecule has 0 N–H and O–H groups in total. The minimum absolute atomic E-state index is 0.330. The van der Waals surface area contributed by atoms with Crippen LogP contribution in [0.25, 0.3) is 10.1 Å². The third-order valence-electron chi connectivity index (χ3n) is 1.80. The zero-order valence-electron chi connectivity index (χ0n) is 6.38. The van der Waals surface area contributed by atoms with Crippen LogP contribution in [0.5, 0.6) is 0 Å². The fraction of sp³-hybridized carbons (Fsp3) is 0. The number of aldehydes is 1. The Morgan fingerprint density at radius 3 is 2.92 bits per heavy atom. The molecule has 4 heteroatoms. The van der Waals surface area contributed by atoms with Crippen molar-refractivity contribution >= 4 is 43.6 Å². The van der Waals surface area contributed by atoms with Gasteiger partial charge in [0.1, 0.15) is 5.82 Å². The first-order valence-electron chi connectivity index (χ1n) is 3.54. The van der Waals surface area contributed by atoms with Gasteiger partial charge < -0.3 is 0 Å². The Morgan fingerprint density at radius 2 is 2.23 bits per heavy atom. The molecule has 13 heavy (non-hydrogen) atoms. The topological polar surface area (TPSA) is 17.1 Å². The van der Waals surface area contributed by atoms with Crippen molar-refractivity contribution in [2.24, 2.45) is 0 Å². The Balaban J connectivity index is 2.96. The molecule has 0 saturated heterocycles. The van der Waals surface area contributed by atoms with Gasteiger partial charge in [-0.05, 0) is 12.1 Å². The Labute approximate surface area is 86.3 Å². The van der Waals surface area contributed by atoms with E-state index in [2.05, 4.69) is 15.9 Å². The molecule has 0 bridgehead atoms. The molecule has 1 nitrogen and oxygen atoms in total. The lowest BCUT2D eigenvalue weighted by Crippen LogP contribution is -1.84. The summed E-state index contributed by atoms with van der Waals surface area (Å²) in [7, 11) is 0. The molecule has 0 amide bonds. The van der Waals surface area contributed by atoms with Gasteiger partial charge in [0.25, 0.3) is 0 Å². The van der Waals surface area contributed by atoms with Gasteiger partial charge in [0, 0.05) is 25.5 Å². The van der Waals surface area contributed by atoms with Gasteiger partial charge in [-0.15, -0.1) is 11.3 Å². The van der Waals surface area contributed by atoms with Crippen LogP contribution in [-0.2, 0) is 0 Å². The molecular formula is C9H4BrFOS. The van der Waals surface area contributed by atoms with Gasteiger partial charge in [0.15, 0.2) is 6.29 Å². The maximum Gasteiger partial charge on any atom is 0.151 e. The Morgan fingerprint density at radius 1 is 1.46 bits per heavy atom. The minimum atomic E-state index is -0.330. The molecule has 66 valence electrons. The molecular weight excluding hydrogens is 255 g/mol. The molecule has 0 aliphatic carbocycles. The average Bonchev–Trinajstić information content (AvgIpc) is 2.49. The maximum absolute atomic E-state index is 13.2. The Hall–Kier alpha value is -0.740. The molecule has 0 fully saturated rings. The summed E-state index contributed by atoms with van der Waals surface area (Å²) in [6, 6.07) is 3.54. The Kier molecular flexibility index (Phi) is 2.17. The maximum atomic E-state index is 13.2. The summed E-state index contributed by atoms with van der Waals surface area (Å²) in [5.74, 6) is -0.330. The predicted molar refractivity (Wildman–Crippen MR) is 54.9 cm³/mol. The highest BCUT2D eigenvalue weighted by molar-refractivity contribution is 9.10. The lowest BCUT2D eigenvalue weighted by atomic mass is 10.1.